The Balaban J connectivity index is 2.00. The van der Waals surface area contributed by atoms with E-state index in [1.807, 2.05) is 12.1 Å². The van der Waals surface area contributed by atoms with Gasteiger partial charge in [-0.15, -0.1) is 0 Å². The zero-order valence-electron chi connectivity index (χ0n) is 10.8. The number of carboxylic acid groups (broad SMARTS) is 1. The first-order valence-corrected chi connectivity index (χ1v) is 7.10. The van der Waals surface area contributed by atoms with E-state index < -0.39 is 5.97 Å². The minimum Gasteiger partial charge on any atom is -0.477 e. The van der Waals surface area contributed by atoms with Gasteiger partial charge in [0.25, 0.3) is 0 Å². The van der Waals surface area contributed by atoms with Gasteiger partial charge in [-0.1, -0.05) is 36.8 Å². The lowest BCUT2D eigenvalue weighted by Crippen LogP contribution is -1.89. The van der Waals surface area contributed by atoms with E-state index in [0.29, 0.717) is 5.06 Å². The van der Waals surface area contributed by atoms with Gasteiger partial charge >= 0.3 is 5.97 Å². The van der Waals surface area contributed by atoms with Crippen LogP contribution in [-0.2, 0) is 6.42 Å². The average Bonchev–Trinajstić information content (AvgIpc) is 2.87. The quantitative estimate of drug-likeness (QED) is 0.840. The van der Waals surface area contributed by atoms with Crippen molar-refractivity contribution in [1.82, 2.24) is 0 Å². The van der Waals surface area contributed by atoms with E-state index >= 15 is 0 Å². The van der Waals surface area contributed by atoms with E-state index in [2.05, 4.69) is 19.1 Å². The van der Waals surface area contributed by atoms with E-state index in [1.165, 1.54) is 18.4 Å². The zero-order chi connectivity index (χ0) is 13.7. The summed E-state index contributed by atoms with van der Waals surface area (Å²) in [5, 5.41) is 9.43. The van der Waals surface area contributed by atoms with Crippen molar-refractivity contribution in [2.45, 2.75) is 26.2 Å². The number of unbranched alkanes of at least 4 members (excludes halogenated alkanes) is 1. The molecule has 2 rings (SSSR count). The van der Waals surface area contributed by atoms with Crippen LogP contribution in [0.25, 0.3) is 0 Å². The van der Waals surface area contributed by atoms with Gasteiger partial charge in [0.15, 0.2) is 5.06 Å². The Hall–Kier alpha value is -1.81. The van der Waals surface area contributed by atoms with Crippen molar-refractivity contribution < 1.29 is 14.6 Å². The summed E-state index contributed by atoms with van der Waals surface area (Å²) < 4.78 is 5.62. The van der Waals surface area contributed by atoms with Crippen LogP contribution in [0.15, 0.2) is 36.4 Å². The Morgan fingerprint density at radius 1 is 1.21 bits per heavy atom. The molecule has 0 radical (unpaired) electrons. The standard InChI is InChI=1S/C15H16O3S/c1-2-3-4-11-5-7-12(8-6-11)18-14-10-9-13(19-14)15(16)17/h5-10H,2-4H2,1H3,(H,16,17). The number of aromatic carboxylic acids is 1. The molecule has 0 bridgehead atoms. The summed E-state index contributed by atoms with van der Waals surface area (Å²) in [6.07, 6.45) is 3.46. The Morgan fingerprint density at radius 2 is 1.95 bits per heavy atom. The van der Waals surface area contributed by atoms with Crippen molar-refractivity contribution in [3.05, 3.63) is 46.8 Å². The first-order valence-electron chi connectivity index (χ1n) is 6.29. The molecule has 0 saturated heterocycles. The number of aryl methyl sites for hydroxylation is 1. The van der Waals surface area contributed by atoms with Gasteiger partial charge < -0.3 is 9.84 Å². The van der Waals surface area contributed by atoms with Crippen molar-refractivity contribution >= 4 is 17.3 Å². The van der Waals surface area contributed by atoms with Gasteiger partial charge in [0.1, 0.15) is 10.6 Å². The van der Waals surface area contributed by atoms with Gasteiger partial charge in [0.2, 0.25) is 0 Å². The molecule has 4 heteroatoms. The summed E-state index contributed by atoms with van der Waals surface area (Å²) in [4.78, 5) is 11.1. The van der Waals surface area contributed by atoms with Crippen LogP contribution in [0, 0.1) is 0 Å². The highest BCUT2D eigenvalue weighted by atomic mass is 32.1. The SMILES string of the molecule is CCCCc1ccc(Oc2ccc(C(=O)O)s2)cc1. The third-order valence-corrected chi connectivity index (χ3v) is 3.70. The van der Waals surface area contributed by atoms with Crippen LogP contribution in [-0.4, -0.2) is 11.1 Å². The largest absolute Gasteiger partial charge is 0.477 e. The molecule has 0 amide bonds. The Kier molecular flexibility index (Phi) is 4.58. The lowest BCUT2D eigenvalue weighted by atomic mass is 10.1. The normalized spacial score (nSPS) is 10.4. The third-order valence-electron chi connectivity index (χ3n) is 2.75. The van der Waals surface area contributed by atoms with Crippen LogP contribution < -0.4 is 4.74 Å². The van der Waals surface area contributed by atoms with Crippen molar-refractivity contribution in [3.63, 3.8) is 0 Å². The first-order chi connectivity index (χ1) is 9.19. The molecule has 0 aliphatic heterocycles. The van der Waals surface area contributed by atoms with Gasteiger partial charge in [0.05, 0.1) is 0 Å². The third kappa shape index (κ3) is 3.83. The van der Waals surface area contributed by atoms with Gasteiger partial charge in [0, 0.05) is 0 Å². The molecule has 0 aliphatic rings. The van der Waals surface area contributed by atoms with E-state index in [0.717, 1.165) is 23.5 Å². The molecule has 0 saturated carbocycles. The number of benzene rings is 1. The molecule has 1 aromatic heterocycles. The van der Waals surface area contributed by atoms with Gasteiger partial charge in [-0.25, -0.2) is 4.79 Å². The summed E-state index contributed by atoms with van der Waals surface area (Å²) in [6.45, 7) is 2.17. The number of thiophene rings is 1. The molecule has 100 valence electrons. The monoisotopic (exact) mass is 276 g/mol. The van der Waals surface area contributed by atoms with Crippen molar-refractivity contribution in [3.8, 4) is 10.8 Å². The highest BCUT2D eigenvalue weighted by Gasteiger charge is 2.08. The average molecular weight is 276 g/mol. The van der Waals surface area contributed by atoms with Crippen molar-refractivity contribution in [1.29, 1.82) is 0 Å². The molecule has 0 unspecified atom stereocenters. The van der Waals surface area contributed by atoms with Crippen LogP contribution >= 0.6 is 11.3 Å². The summed E-state index contributed by atoms with van der Waals surface area (Å²) in [7, 11) is 0. The number of carbonyl (C=O) groups is 1. The lowest BCUT2D eigenvalue weighted by molar-refractivity contribution is 0.0702. The first kappa shape index (κ1) is 13.6. The summed E-state index contributed by atoms with van der Waals surface area (Å²) >= 11 is 1.13. The highest BCUT2D eigenvalue weighted by Crippen LogP contribution is 2.29. The minimum atomic E-state index is -0.922. The Bertz CT molecular complexity index is 543. The molecule has 0 spiro atoms. The van der Waals surface area contributed by atoms with Crippen molar-refractivity contribution in [2.75, 3.05) is 0 Å². The van der Waals surface area contributed by atoms with Crippen molar-refractivity contribution in [2.24, 2.45) is 0 Å². The van der Waals surface area contributed by atoms with E-state index in [9.17, 15) is 4.79 Å². The number of ether oxygens (including phenoxy) is 1. The fraction of sp³-hybridized carbons (Fsp3) is 0.267. The van der Waals surface area contributed by atoms with Gasteiger partial charge in [-0.05, 0) is 42.7 Å². The summed E-state index contributed by atoms with van der Waals surface area (Å²) in [5.41, 5.74) is 1.30. The van der Waals surface area contributed by atoms with Crippen LogP contribution in [0.5, 0.6) is 10.8 Å². The number of rotatable bonds is 6. The topological polar surface area (TPSA) is 46.5 Å². The predicted molar refractivity (Wildman–Crippen MR) is 76.4 cm³/mol. The van der Waals surface area contributed by atoms with E-state index in [-0.39, 0.29) is 4.88 Å². The maximum absolute atomic E-state index is 10.8. The van der Waals surface area contributed by atoms with Crippen LogP contribution in [0.4, 0.5) is 0 Å². The predicted octanol–water partition coefficient (Wildman–Crippen LogP) is 4.58. The maximum atomic E-state index is 10.8. The molecule has 1 N–H and O–H groups in total. The summed E-state index contributed by atoms with van der Waals surface area (Å²) in [6, 6.07) is 11.2. The van der Waals surface area contributed by atoms with Gasteiger partial charge in [-0.3, -0.25) is 0 Å². The highest BCUT2D eigenvalue weighted by molar-refractivity contribution is 7.15. The Labute approximate surface area is 116 Å². The zero-order valence-corrected chi connectivity index (χ0v) is 11.6. The second-order valence-electron chi connectivity index (χ2n) is 4.27. The second-order valence-corrected chi connectivity index (χ2v) is 5.32. The molecule has 1 aromatic carbocycles. The fourth-order valence-corrected chi connectivity index (χ4v) is 2.43. The minimum absolute atomic E-state index is 0.287. The lowest BCUT2D eigenvalue weighted by Gasteiger charge is -2.04. The molecule has 0 aliphatic carbocycles. The second kappa shape index (κ2) is 6.38. The van der Waals surface area contributed by atoms with Crippen LogP contribution in [0.1, 0.15) is 35.0 Å². The smallest absolute Gasteiger partial charge is 0.345 e. The van der Waals surface area contributed by atoms with E-state index in [4.69, 9.17) is 9.84 Å². The molecule has 2 aromatic rings. The van der Waals surface area contributed by atoms with Crippen LogP contribution in [0.3, 0.4) is 0 Å². The van der Waals surface area contributed by atoms with Crippen LogP contribution in [0.2, 0.25) is 0 Å². The molecular formula is C15H16O3S. The maximum Gasteiger partial charge on any atom is 0.345 e. The number of hydrogen-bond acceptors (Lipinski definition) is 3. The molecule has 3 nitrogen and oxygen atoms in total. The Morgan fingerprint density at radius 3 is 2.53 bits per heavy atom. The molecule has 19 heavy (non-hydrogen) atoms. The molecule has 0 fully saturated rings. The van der Waals surface area contributed by atoms with Gasteiger partial charge in [-0.2, -0.15) is 0 Å². The molecule has 1 heterocycles. The van der Waals surface area contributed by atoms with E-state index in [1.54, 1.807) is 12.1 Å². The number of carboxylic acids is 1. The summed E-state index contributed by atoms with van der Waals surface area (Å²) in [5.74, 6) is -0.186. The molecule has 0 atom stereocenters. The molecular weight excluding hydrogens is 260 g/mol. The fourth-order valence-electron chi connectivity index (χ4n) is 1.71. The number of hydrogen-bond donors (Lipinski definition) is 1.